The monoisotopic (exact) mass is 347 g/mol. The van der Waals surface area contributed by atoms with Gasteiger partial charge in [0.15, 0.2) is 0 Å². The maximum absolute atomic E-state index is 11.9. The van der Waals surface area contributed by atoms with E-state index in [4.69, 9.17) is 11.6 Å². The molecule has 0 spiro atoms. The van der Waals surface area contributed by atoms with Crippen LogP contribution in [-0.4, -0.2) is 23.3 Å². The van der Waals surface area contributed by atoms with Crippen LogP contribution in [0.25, 0.3) is 0 Å². The molecule has 0 fully saturated rings. The van der Waals surface area contributed by atoms with E-state index in [2.05, 4.69) is 10.6 Å². The fourth-order valence-corrected chi connectivity index (χ4v) is 2.14. The Kier molecular flexibility index (Phi) is 5.49. The van der Waals surface area contributed by atoms with E-state index < -0.39 is 16.7 Å². The van der Waals surface area contributed by atoms with Crippen molar-refractivity contribution in [2.24, 2.45) is 0 Å². The average molecular weight is 348 g/mol. The average Bonchev–Trinajstić information content (AvgIpc) is 2.55. The summed E-state index contributed by atoms with van der Waals surface area (Å²) in [7, 11) is 0. The summed E-state index contributed by atoms with van der Waals surface area (Å²) >= 11 is 5.74. The number of carbonyl (C=O) groups is 2. The third-order valence-electron chi connectivity index (χ3n) is 3.29. The SMILES string of the molecule is Cc1c(NC(=O)CNC(=O)c2ccc(Cl)cc2)cccc1[N+](=O)[O-]. The molecule has 0 atom stereocenters. The van der Waals surface area contributed by atoms with Crippen LogP contribution >= 0.6 is 11.6 Å². The molecule has 0 aliphatic carbocycles. The number of hydrogen-bond donors (Lipinski definition) is 2. The van der Waals surface area contributed by atoms with Gasteiger partial charge >= 0.3 is 0 Å². The van der Waals surface area contributed by atoms with Crippen molar-refractivity contribution in [2.45, 2.75) is 6.92 Å². The van der Waals surface area contributed by atoms with E-state index in [0.29, 0.717) is 21.8 Å². The predicted octanol–water partition coefficient (Wildman–Crippen LogP) is 2.93. The number of nitro benzene ring substituents is 1. The van der Waals surface area contributed by atoms with Gasteiger partial charge < -0.3 is 10.6 Å². The Bertz CT molecular complexity index is 790. The van der Waals surface area contributed by atoms with Crippen LogP contribution in [0, 0.1) is 17.0 Å². The van der Waals surface area contributed by atoms with Gasteiger partial charge in [0, 0.05) is 16.7 Å². The summed E-state index contributed by atoms with van der Waals surface area (Å²) in [6, 6.07) is 10.6. The van der Waals surface area contributed by atoms with Crippen molar-refractivity contribution >= 4 is 34.8 Å². The molecule has 0 heterocycles. The quantitative estimate of drug-likeness (QED) is 0.641. The lowest BCUT2D eigenvalue weighted by molar-refractivity contribution is -0.385. The van der Waals surface area contributed by atoms with Gasteiger partial charge in [-0.15, -0.1) is 0 Å². The summed E-state index contributed by atoms with van der Waals surface area (Å²) in [6.45, 7) is 1.28. The number of anilines is 1. The minimum atomic E-state index is -0.521. The molecule has 0 aromatic heterocycles. The number of nitro groups is 1. The molecular weight excluding hydrogens is 334 g/mol. The summed E-state index contributed by atoms with van der Waals surface area (Å²) < 4.78 is 0. The molecule has 0 aliphatic rings. The van der Waals surface area contributed by atoms with Crippen LogP contribution in [0.4, 0.5) is 11.4 Å². The zero-order chi connectivity index (χ0) is 17.7. The van der Waals surface area contributed by atoms with Crippen molar-refractivity contribution in [3.05, 3.63) is 68.7 Å². The second kappa shape index (κ2) is 7.56. The second-order valence-corrected chi connectivity index (χ2v) is 5.38. The zero-order valence-electron chi connectivity index (χ0n) is 12.7. The standard InChI is InChI=1S/C16H14ClN3O4/c1-10-13(3-2-4-14(10)20(23)24)19-15(21)9-18-16(22)11-5-7-12(17)8-6-11/h2-8H,9H2,1H3,(H,18,22)(H,19,21). The zero-order valence-corrected chi connectivity index (χ0v) is 13.5. The minimum absolute atomic E-state index is 0.0852. The number of amides is 2. The molecule has 0 radical (unpaired) electrons. The van der Waals surface area contributed by atoms with Crippen LogP contribution in [-0.2, 0) is 4.79 Å². The van der Waals surface area contributed by atoms with Gasteiger partial charge in [-0.2, -0.15) is 0 Å². The summed E-state index contributed by atoms with van der Waals surface area (Å²) in [5, 5.41) is 16.4. The lowest BCUT2D eigenvalue weighted by Gasteiger charge is -2.09. The molecule has 2 aromatic rings. The molecule has 2 aromatic carbocycles. The topological polar surface area (TPSA) is 101 Å². The summed E-state index contributed by atoms with van der Waals surface area (Å²) in [5.41, 5.74) is 0.964. The van der Waals surface area contributed by atoms with Crippen LogP contribution in [0.15, 0.2) is 42.5 Å². The number of nitrogens with zero attached hydrogens (tertiary/aromatic N) is 1. The van der Waals surface area contributed by atoms with E-state index in [1.807, 2.05) is 0 Å². The Balaban J connectivity index is 1.96. The molecule has 124 valence electrons. The maximum Gasteiger partial charge on any atom is 0.274 e. The van der Waals surface area contributed by atoms with Crippen molar-refractivity contribution < 1.29 is 14.5 Å². The van der Waals surface area contributed by atoms with E-state index >= 15 is 0 Å². The highest BCUT2D eigenvalue weighted by atomic mass is 35.5. The maximum atomic E-state index is 11.9. The molecule has 2 amide bonds. The highest BCUT2D eigenvalue weighted by Crippen LogP contribution is 2.24. The van der Waals surface area contributed by atoms with Crippen LogP contribution < -0.4 is 10.6 Å². The van der Waals surface area contributed by atoms with Crippen LogP contribution in [0.1, 0.15) is 15.9 Å². The Morgan fingerprint density at radius 1 is 1.17 bits per heavy atom. The van der Waals surface area contributed by atoms with Crippen LogP contribution in [0.2, 0.25) is 5.02 Å². The van der Waals surface area contributed by atoms with Gasteiger partial charge in [-0.3, -0.25) is 19.7 Å². The van der Waals surface area contributed by atoms with E-state index in [1.165, 1.54) is 12.1 Å². The third-order valence-corrected chi connectivity index (χ3v) is 3.54. The number of hydrogen-bond acceptors (Lipinski definition) is 4. The molecule has 7 nitrogen and oxygen atoms in total. The third kappa shape index (κ3) is 4.30. The fraction of sp³-hybridized carbons (Fsp3) is 0.125. The molecule has 0 unspecified atom stereocenters. The molecule has 0 bridgehead atoms. The number of nitrogens with one attached hydrogen (secondary N) is 2. The Morgan fingerprint density at radius 3 is 2.46 bits per heavy atom. The number of halogens is 1. The number of carbonyl (C=O) groups excluding carboxylic acids is 2. The van der Waals surface area contributed by atoms with Gasteiger partial charge in [-0.1, -0.05) is 17.7 Å². The van der Waals surface area contributed by atoms with Crippen molar-refractivity contribution in [1.29, 1.82) is 0 Å². The second-order valence-electron chi connectivity index (χ2n) is 4.94. The van der Waals surface area contributed by atoms with Gasteiger partial charge in [0.1, 0.15) is 0 Å². The smallest absolute Gasteiger partial charge is 0.274 e. The first-order valence-corrected chi connectivity index (χ1v) is 7.34. The van der Waals surface area contributed by atoms with E-state index in [9.17, 15) is 19.7 Å². The first kappa shape index (κ1) is 17.4. The van der Waals surface area contributed by atoms with E-state index in [0.717, 1.165) is 0 Å². The van der Waals surface area contributed by atoms with E-state index in [-0.39, 0.29) is 12.2 Å². The lowest BCUT2D eigenvalue weighted by Crippen LogP contribution is -2.33. The highest BCUT2D eigenvalue weighted by Gasteiger charge is 2.15. The Labute approximate surface area is 142 Å². The molecule has 24 heavy (non-hydrogen) atoms. The van der Waals surface area contributed by atoms with Crippen molar-refractivity contribution in [1.82, 2.24) is 5.32 Å². The van der Waals surface area contributed by atoms with Crippen molar-refractivity contribution in [3.8, 4) is 0 Å². The largest absolute Gasteiger partial charge is 0.343 e. The highest BCUT2D eigenvalue weighted by molar-refractivity contribution is 6.30. The normalized spacial score (nSPS) is 10.1. The van der Waals surface area contributed by atoms with Crippen molar-refractivity contribution in [3.63, 3.8) is 0 Å². The van der Waals surface area contributed by atoms with Gasteiger partial charge in [-0.05, 0) is 37.3 Å². The Hall–Kier alpha value is -2.93. The predicted molar refractivity (Wildman–Crippen MR) is 90.2 cm³/mol. The molecule has 8 heteroatoms. The van der Waals surface area contributed by atoms with Gasteiger partial charge in [-0.25, -0.2) is 0 Å². The molecule has 2 rings (SSSR count). The molecule has 0 saturated carbocycles. The van der Waals surface area contributed by atoms with E-state index in [1.54, 1.807) is 37.3 Å². The molecule has 2 N–H and O–H groups in total. The lowest BCUT2D eigenvalue weighted by atomic mass is 10.1. The molecule has 0 saturated heterocycles. The van der Waals surface area contributed by atoms with Crippen LogP contribution in [0.5, 0.6) is 0 Å². The number of rotatable bonds is 5. The summed E-state index contributed by atoms with van der Waals surface area (Å²) in [5.74, 6) is -0.904. The minimum Gasteiger partial charge on any atom is -0.343 e. The summed E-state index contributed by atoms with van der Waals surface area (Å²) in [4.78, 5) is 34.2. The fourth-order valence-electron chi connectivity index (χ4n) is 2.01. The molecular formula is C16H14ClN3O4. The summed E-state index contributed by atoms with van der Waals surface area (Å²) in [6.07, 6.45) is 0. The van der Waals surface area contributed by atoms with Gasteiger partial charge in [0.05, 0.1) is 22.7 Å². The first-order valence-electron chi connectivity index (χ1n) is 6.96. The van der Waals surface area contributed by atoms with Gasteiger partial charge in [0.25, 0.3) is 11.6 Å². The molecule has 0 aliphatic heterocycles. The first-order chi connectivity index (χ1) is 11.4. The Morgan fingerprint density at radius 2 is 1.83 bits per heavy atom. The van der Waals surface area contributed by atoms with Crippen molar-refractivity contribution in [2.75, 3.05) is 11.9 Å². The van der Waals surface area contributed by atoms with Crippen LogP contribution in [0.3, 0.4) is 0 Å². The van der Waals surface area contributed by atoms with Gasteiger partial charge in [0.2, 0.25) is 5.91 Å². The number of benzene rings is 2.